The zero-order valence-corrected chi connectivity index (χ0v) is 29.6. The smallest absolute Gasteiger partial charge is 0.264 e. The molecule has 0 aliphatic rings. The van der Waals surface area contributed by atoms with Crippen molar-refractivity contribution in [2.75, 3.05) is 23.7 Å². The molecule has 0 heterocycles. The molecule has 4 rings (SSSR count). The molecule has 2 amide bonds. The molecule has 1 N–H and O–H groups in total. The van der Waals surface area contributed by atoms with E-state index in [1.165, 1.54) is 16.7 Å². The molecule has 10 heteroatoms. The van der Waals surface area contributed by atoms with Crippen molar-refractivity contribution in [2.24, 2.45) is 0 Å². The summed E-state index contributed by atoms with van der Waals surface area (Å²) in [5.74, 6) is -0.769. The van der Waals surface area contributed by atoms with Crippen molar-refractivity contribution in [3.63, 3.8) is 0 Å². The number of hydrogen-bond donors (Lipinski definition) is 1. The minimum Gasteiger partial charge on any atom is -0.354 e. The number of halogens is 1. The van der Waals surface area contributed by atoms with E-state index in [2.05, 4.69) is 21.2 Å². The van der Waals surface area contributed by atoms with Crippen LogP contribution in [0.1, 0.15) is 36.5 Å². The Hall–Kier alpha value is -3.60. The first kappa shape index (κ1) is 35.3. The van der Waals surface area contributed by atoms with Crippen LogP contribution in [0, 0.1) is 6.92 Å². The maximum Gasteiger partial charge on any atom is 0.264 e. The van der Waals surface area contributed by atoms with Crippen molar-refractivity contribution in [3.05, 3.63) is 124 Å². The van der Waals surface area contributed by atoms with Crippen LogP contribution in [0.5, 0.6) is 0 Å². The summed E-state index contributed by atoms with van der Waals surface area (Å²) in [6.07, 6.45) is 3.90. The Morgan fingerprint density at radius 3 is 2.20 bits per heavy atom. The molecule has 4 aromatic carbocycles. The predicted octanol–water partition coefficient (Wildman–Crippen LogP) is 7.23. The molecule has 0 fully saturated rings. The van der Waals surface area contributed by atoms with Gasteiger partial charge in [0, 0.05) is 28.9 Å². The van der Waals surface area contributed by atoms with E-state index in [0.29, 0.717) is 12.2 Å². The maximum absolute atomic E-state index is 14.6. The molecular formula is C36H40BrN3O4S2. The zero-order valence-electron chi connectivity index (χ0n) is 26.4. The van der Waals surface area contributed by atoms with Crippen molar-refractivity contribution in [2.45, 2.75) is 55.5 Å². The van der Waals surface area contributed by atoms with Gasteiger partial charge < -0.3 is 10.2 Å². The van der Waals surface area contributed by atoms with Gasteiger partial charge in [0.25, 0.3) is 10.0 Å². The first-order valence-electron chi connectivity index (χ1n) is 15.2. The molecule has 1 unspecified atom stereocenters. The monoisotopic (exact) mass is 721 g/mol. The number of aryl methyl sites for hydroxylation is 1. The first-order chi connectivity index (χ1) is 22.1. The molecule has 0 saturated heterocycles. The second-order valence-electron chi connectivity index (χ2n) is 11.0. The van der Waals surface area contributed by atoms with Gasteiger partial charge in [-0.2, -0.15) is 0 Å². The average Bonchev–Trinajstić information content (AvgIpc) is 3.06. The van der Waals surface area contributed by atoms with E-state index in [0.717, 1.165) is 43.2 Å². The number of benzene rings is 4. The lowest BCUT2D eigenvalue weighted by atomic mass is 10.0. The molecule has 0 aromatic heterocycles. The maximum atomic E-state index is 14.6. The number of amides is 2. The fourth-order valence-electron chi connectivity index (χ4n) is 5.01. The number of carbonyl (C=O) groups is 2. The molecule has 46 heavy (non-hydrogen) atoms. The largest absolute Gasteiger partial charge is 0.354 e. The highest BCUT2D eigenvalue weighted by molar-refractivity contribution is 9.10. The topological polar surface area (TPSA) is 86.8 Å². The van der Waals surface area contributed by atoms with E-state index < -0.39 is 28.5 Å². The van der Waals surface area contributed by atoms with Gasteiger partial charge in [0.15, 0.2) is 0 Å². The highest BCUT2D eigenvalue weighted by Gasteiger charge is 2.34. The quantitative estimate of drug-likeness (QED) is 0.103. The lowest BCUT2D eigenvalue weighted by molar-refractivity contribution is -0.140. The molecule has 0 aliphatic heterocycles. The molecule has 0 spiro atoms. The van der Waals surface area contributed by atoms with Gasteiger partial charge in [-0.15, -0.1) is 11.8 Å². The Labute approximate surface area is 285 Å². The fourth-order valence-corrected chi connectivity index (χ4v) is 7.28. The molecule has 0 saturated carbocycles. The molecule has 0 bridgehead atoms. The Bertz CT molecular complexity index is 1700. The number of anilines is 1. The van der Waals surface area contributed by atoms with Crippen LogP contribution < -0.4 is 9.62 Å². The summed E-state index contributed by atoms with van der Waals surface area (Å²) in [5, 5.41) is 3.02. The predicted molar refractivity (Wildman–Crippen MR) is 190 cm³/mol. The third-order valence-electron chi connectivity index (χ3n) is 7.59. The number of unbranched alkanes of at least 4 members (excludes halogenated alkanes) is 1. The highest BCUT2D eigenvalue weighted by Crippen LogP contribution is 2.27. The number of nitrogens with zero attached hydrogens (tertiary/aromatic N) is 2. The number of thioether (sulfide) groups is 1. The Balaban J connectivity index is 1.78. The number of carbonyl (C=O) groups excluding carboxylic acids is 2. The molecule has 242 valence electrons. The summed E-state index contributed by atoms with van der Waals surface area (Å²) in [4.78, 5) is 30.9. The SMILES string of the molecule is CCCCNC(=O)C(Cc1ccccc1)N(Cc1cccc(Br)c1)C(=O)CN(c1ccc(C)cc1)S(=O)(=O)c1ccc(SC)cc1. The molecule has 4 aromatic rings. The molecular weight excluding hydrogens is 682 g/mol. The van der Waals surface area contributed by atoms with Crippen molar-refractivity contribution in [3.8, 4) is 0 Å². The van der Waals surface area contributed by atoms with Crippen LogP contribution >= 0.6 is 27.7 Å². The van der Waals surface area contributed by atoms with Crippen LogP contribution in [0.3, 0.4) is 0 Å². The van der Waals surface area contributed by atoms with Gasteiger partial charge in [-0.05, 0) is 79.3 Å². The fraction of sp³-hybridized carbons (Fsp3) is 0.278. The third kappa shape index (κ3) is 9.47. The Kier molecular flexibility index (Phi) is 12.9. The van der Waals surface area contributed by atoms with E-state index in [4.69, 9.17) is 0 Å². The van der Waals surface area contributed by atoms with E-state index in [-0.39, 0.29) is 23.8 Å². The van der Waals surface area contributed by atoms with Crippen LogP contribution in [0.4, 0.5) is 5.69 Å². The van der Waals surface area contributed by atoms with E-state index in [1.807, 2.05) is 86.8 Å². The normalized spacial score (nSPS) is 11.9. The Morgan fingerprint density at radius 2 is 1.57 bits per heavy atom. The summed E-state index contributed by atoms with van der Waals surface area (Å²) >= 11 is 5.03. The number of sulfonamides is 1. The molecule has 1 atom stereocenters. The van der Waals surface area contributed by atoms with Gasteiger partial charge >= 0.3 is 0 Å². The third-order valence-corrected chi connectivity index (χ3v) is 10.6. The highest BCUT2D eigenvalue weighted by atomic mass is 79.9. The van der Waals surface area contributed by atoms with Gasteiger partial charge in [0.1, 0.15) is 12.6 Å². The van der Waals surface area contributed by atoms with Gasteiger partial charge in [0.05, 0.1) is 10.6 Å². The lowest BCUT2D eigenvalue weighted by Gasteiger charge is -2.34. The molecule has 0 aliphatic carbocycles. The number of rotatable bonds is 15. The second kappa shape index (κ2) is 16.8. The Morgan fingerprint density at radius 1 is 0.891 bits per heavy atom. The standard InChI is InChI=1S/C36H40BrN3O4S2/c1-4-5-22-38-36(42)34(24-28-10-7-6-8-11-28)39(25-29-12-9-13-30(37)23-29)35(41)26-40(31-16-14-27(2)15-17-31)46(43,44)33-20-18-32(45-3)19-21-33/h6-21,23,34H,4-5,22,24-26H2,1-3H3,(H,38,42). The minimum atomic E-state index is -4.15. The van der Waals surface area contributed by atoms with E-state index in [1.54, 1.807) is 36.4 Å². The molecule has 7 nitrogen and oxygen atoms in total. The second-order valence-corrected chi connectivity index (χ2v) is 14.7. The van der Waals surface area contributed by atoms with Crippen LogP contribution in [0.15, 0.2) is 117 Å². The van der Waals surface area contributed by atoms with Crippen LogP contribution in [0.25, 0.3) is 0 Å². The van der Waals surface area contributed by atoms with Gasteiger partial charge in [-0.1, -0.05) is 89.4 Å². The van der Waals surface area contributed by atoms with Gasteiger partial charge in [-0.3, -0.25) is 13.9 Å². The van der Waals surface area contributed by atoms with Gasteiger partial charge in [-0.25, -0.2) is 8.42 Å². The van der Waals surface area contributed by atoms with Crippen molar-refractivity contribution in [1.82, 2.24) is 10.2 Å². The van der Waals surface area contributed by atoms with Gasteiger partial charge in [0.2, 0.25) is 11.8 Å². The summed E-state index contributed by atoms with van der Waals surface area (Å²) in [6.45, 7) is 4.07. The van der Waals surface area contributed by atoms with Crippen LogP contribution in [-0.2, 0) is 32.6 Å². The minimum absolute atomic E-state index is 0.0790. The summed E-state index contributed by atoms with van der Waals surface area (Å²) in [5.41, 5.74) is 3.02. The number of nitrogens with one attached hydrogen (secondary N) is 1. The van der Waals surface area contributed by atoms with Crippen molar-refractivity contribution in [1.29, 1.82) is 0 Å². The van der Waals surface area contributed by atoms with Crippen LogP contribution in [-0.4, -0.2) is 50.5 Å². The summed E-state index contributed by atoms with van der Waals surface area (Å²) in [7, 11) is -4.15. The summed E-state index contributed by atoms with van der Waals surface area (Å²) < 4.78 is 30.4. The van der Waals surface area contributed by atoms with Crippen LogP contribution in [0.2, 0.25) is 0 Å². The zero-order chi connectivity index (χ0) is 33.1. The first-order valence-corrected chi connectivity index (χ1v) is 18.7. The summed E-state index contributed by atoms with van der Waals surface area (Å²) in [6, 6.07) is 29.9. The van der Waals surface area contributed by atoms with E-state index >= 15 is 0 Å². The average molecular weight is 723 g/mol. The lowest BCUT2D eigenvalue weighted by Crippen LogP contribution is -2.53. The van der Waals surface area contributed by atoms with Crippen molar-refractivity contribution < 1.29 is 18.0 Å². The van der Waals surface area contributed by atoms with Crippen molar-refractivity contribution >= 4 is 55.2 Å². The number of hydrogen-bond acceptors (Lipinski definition) is 5. The van der Waals surface area contributed by atoms with E-state index in [9.17, 15) is 18.0 Å². The molecule has 0 radical (unpaired) electrons.